The van der Waals surface area contributed by atoms with E-state index in [1.807, 2.05) is 48.5 Å². The number of carboxylic acid groups (broad SMARTS) is 1. The number of nitrogens with zero attached hydrogens (tertiary/aromatic N) is 1. The molecule has 0 unspecified atom stereocenters. The zero-order valence-electron chi connectivity index (χ0n) is 23.0. The second kappa shape index (κ2) is 12.9. The third kappa shape index (κ3) is 6.60. The lowest BCUT2D eigenvalue weighted by Gasteiger charge is -2.25. The normalized spacial score (nSPS) is 14.2. The van der Waals surface area contributed by atoms with Gasteiger partial charge in [-0.1, -0.05) is 49.7 Å². The first-order valence-corrected chi connectivity index (χ1v) is 15.0. The van der Waals surface area contributed by atoms with Crippen LogP contribution in [0.25, 0.3) is 0 Å². The summed E-state index contributed by atoms with van der Waals surface area (Å²) in [6.45, 7) is 2.63. The van der Waals surface area contributed by atoms with E-state index in [0.29, 0.717) is 17.0 Å². The van der Waals surface area contributed by atoms with Gasteiger partial charge in [-0.3, -0.25) is 0 Å². The van der Waals surface area contributed by atoms with Crippen LogP contribution in [0.1, 0.15) is 24.5 Å². The summed E-state index contributed by atoms with van der Waals surface area (Å²) in [4.78, 5) is 11.2. The van der Waals surface area contributed by atoms with Gasteiger partial charge in [0.25, 0.3) is 10.0 Å². The lowest BCUT2D eigenvalue weighted by atomic mass is 10.1. The first kappa shape index (κ1) is 28.8. The van der Waals surface area contributed by atoms with Crippen LogP contribution >= 0.6 is 0 Å². The maximum atomic E-state index is 13.5. The van der Waals surface area contributed by atoms with Crippen LogP contribution in [-0.4, -0.2) is 39.1 Å². The van der Waals surface area contributed by atoms with E-state index in [1.165, 1.54) is 12.1 Å². The molecule has 1 atom stereocenters. The fraction of sp³-hybridized carbons (Fsp3) is 0.219. The maximum absolute atomic E-state index is 13.5. The minimum absolute atomic E-state index is 0.0104. The average Bonchev–Trinajstić information content (AvgIpc) is 3.35. The molecule has 0 aliphatic carbocycles. The molecule has 42 heavy (non-hydrogen) atoms. The minimum Gasteiger partial charge on any atom is -0.490 e. The Hall–Kier alpha value is -4.70. The molecule has 1 N–H and O–H groups in total. The predicted molar refractivity (Wildman–Crippen MR) is 157 cm³/mol. The Kier molecular flexibility index (Phi) is 8.83. The van der Waals surface area contributed by atoms with Crippen molar-refractivity contribution in [3.63, 3.8) is 0 Å². The molecule has 9 nitrogen and oxygen atoms in total. The van der Waals surface area contributed by atoms with Crippen LogP contribution in [0.2, 0.25) is 0 Å². The molecule has 0 radical (unpaired) electrons. The smallest absolute Gasteiger partial charge is 0.490 e. The number of benzene rings is 4. The molecular formula is C32H31NO8S. The van der Waals surface area contributed by atoms with Gasteiger partial charge in [0.2, 0.25) is 0 Å². The van der Waals surface area contributed by atoms with Gasteiger partial charge in [0, 0.05) is 6.42 Å². The number of sulfonamides is 1. The summed E-state index contributed by atoms with van der Waals surface area (Å²) >= 11 is 0. The standard InChI is InChI=1S/C32H31NO8S/c1-2-8-24-21-27(40-26-10-4-3-5-11-26)15-18-30(24)39-20-19-38-25-13-16-28(17-14-25)42(36,37)33-29-12-7-6-9-23(29)22-31(33)41-32(34)35/h3-7,9-18,21,31H,2,8,19-20,22H2,1H3,(H,34,35)/t31-/m1/s1. The van der Waals surface area contributed by atoms with E-state index in [9.17, 15) is 13.2 Å². The molecule has 1 aliphatic rings. The number of hydrogen-bond donors (Lipinski definition) is 1. The number of fused-ring (bicyclic) bond motifs is 1. The van der Waals surface area contributed by atoms with Crippen LogP contribution in [0.15, 0.2) is 102 Å². The topological polar surface area (TPSA) is 112 Å². The van der Waals surface area contributed by atoms with E-state index in [-0.39, 0.29) is 24.5 Å². The van der Waals surface area contributed by atoms with Crippen molar-refractivity contribution in [2.75, 3.05) is 17.5 Å². The molecule has 0 aromatic heterocycles. The molecule has 5 rings (SSSR count). The Balaban J connectivity index is 1.20. The highest BCUT2D eigenvalue weighted by molar-refractivity contribution is 7.92. The Morgan fingerprint density at radius 2 is 1.55 bits per heavy atom. The molecule has 1 heterocycles. The maximum Gasteiger partial charge on any atom is 0.507 e. The van der Waals surface area contributed by atoms with Gasteiger partial charge in [0.15, 0.2) is 6.23 Å². The number of ether oxygens (including phenoxy) is 4. The molecule has 4 aromatic carbocycles. The molecule has 0 fully saturated rings. The van der Waals surface area contributed by atoms with Gasteiger partial charge in [-0.2, -0.15) is 0 Å². The van der Waals surface area contributed by atoms with Crippen molar-refractivity contribution in [1.82, 2.24) is 0 Å². The molecule has 0 spiro atoms. The molecule has 218 valence electrons. The van der Waals surface area contributed by atoms with Crippen molar-refractivity contribution < 1.29 is 37.3 Å². The summed E-state index contributed by atoms with van der Waals surface area (Å²) in [7, 11) is -4.10. The molecule has 0 saturated carbocycles. The summed E-state index contributed by atoms with van der Waals surface area (Å²) in [6.07, 6.45) is -0.820. The Morgan fingerprint density at radius 3 is 2.29 bits per heavy atom. The van der Waals surface area contributed by atoms with Crippen molar-refractivity contribution in [2.24, 2.45) is 0 Å². The Bertz CT molecular complexity index is 1620. The third-order valence-corrected chi connectivity index (χ3v) is 8.46. The second-order valence-corrected chi connectivity index (χ2v) is 11.4. The predicted octanol–water partition coefficient (Wildman–Crippen LogP) is 6.66. The summed E-state index contributed by atoms with van der Waals surface area (Å²) in [5.74, 6) is 2.73. The third-order valence-electron chi connectivity index (χ3n) is 6.64. The highest BCUT2D eigenvalue weighted by Crippen LogP contribution is 2.37. The van der Waals surface area contributed by atoms with Gasteiger partial charge >= 0.3 is 6.16 Å². The van der Waals surface area contributed by atoms with Crippen molar-refractivity contribution in [3.8, 4) is 23.0 Å². The van der Waals surface area contributed by atoms with Crippen LogP contribution in [0, 0.1) is 0 Å². The van der Waals surface area contributed by atoms with Gasteiger partial charge in [0.1, 0.15) is 36.2 Å². The van der Waals surface area contributed by atoms with Gasteiger partial charge in [0.05, 0.1) is 10.6 Å². The lowest BCUT2D eigenvalue weighted by Crippen LogP contribution is -2.40. The monoisotopic (exact) mass is 589 g/mol. The Morgan fingerprint density at radius 1 is 0.857 bits per heavy atom. The van der Waals surface area contributed by atoms with E-state index in [0.717, 1.165) is 40.0 Å². The Labute approximate surface area is 244 Å². The first-order valence-electron chi connectivity index (χ1n) is 13.6. The van der Waals surface area contributed by atoms with Crippen molar-refractivity contribution in [3.05, 3.63) is 108 Å². The van der Waals surface area contributed by atoms with Crippen molar-refractivity contribution in [1.29, 1.82) is 0 Å². The molecule has 0 bridgehead atoms. The number of carbonyl (C=O) groups is 1. The number of aryl methyl sites for hydroxylation is 1. The molecule has 0 saturated heterocycles. The summed E-state index contributed by atoms with van der Waals surface area (Å²) in [5.41, 5.74) is 2.12. The zero-order valence-corrected chi connectivity index (χ0v) is 23.8. The van der Waals surface area contributed by atoms with Gasteiger partial charge in [-0.25, -0.2) is 17.5 Å². The van der Waals surface area contributed by atoms with Gasteiger partial charge in [-0.05, 0) is 78.2 Å². The molecule has 10 heteroatoms. The molecule has 4 aromatic rings. The van der Waals surface area contributed by atoms with E-state index in [2.05, 4.69) is 6.92 Å². The van der Waals surface area contributed by atoms with E-state index in [1.54, 1.807) is 36.4 Å². The SMILES string of the molecule is CCCc1cc(Oc2ccccc2)ccc1OCCOc1ccc(S(=O)(=O)N2c3ccccc3C[C@H]2OC(=O)O)cc1. The van der Waals surface area contributed by atoms with Crippen LogP contribution in [0.4, 0.5) is 10.5 Å². The number of hydrogen-bond acceptors (Lipinski definition) is 7. The minimum atomic E-state index is -4.10. The van der Waals surface area contributed by atoms with E-state index >= 15 is 0 Å². The van der Waals surface area contributed by atoms with Crippen LogP contribution in [-0.2, 0) is 27.6 Å². The summed E-state index contributed by atoms with van der Waals surface area (Å²) < 4.78 is 50.7. The number of para-hydroxylation sites is 2. The van der Waals surface area contributed by atoms with E-state index in [4.69, 9.17) is 24.1 Å². The highest BCUT2D eigenvalue weighted by Gasteiger charge is 2.40. The molecular weight excluding hydrogens is 558 g/mol. The van der Waals surface area contributed by atoms with E-state index < -0.39 is 22.4 Å². The molecule has 0 amide bonds. The van der Waals surface area contributed by atoms with Gasteiger partial charge < -0.3 is 24.1 Å². The summed E-state index contributed by atoms with van der Waals surface area (Å²) in [6, 6.07) is 28.1. The fourth-order valence-electron chi connectivity index (χ4n) is 4.80. The second-order valence-electron chi connectivity index (χ2n) is 9.58. The van der Waals surface area contributed by atoms with Gasteiger partial charge in [-0.15, -0.1) is 0 Å². The molecule has 1 aliphatic heterocycles. The number of rotatable bonds is 12. The van der Waals surface area contributed by atoms with Crippen LogP contribution in [0.5, 0.6) is 23.0 Å². The van der Waals surface area contributed by atoms with Crippen LogP contribution in [0.3, 0.4) is 0 Å². The van der Waals surface area contributed by atoms with Crippen LogP contribution < -0.4 is 18.5 Å². The van der Waals surface area contributed by atoms with Crippen molar-refractivity contribution in [2.45, 2.75) is 37.3 Å². The average molecular weight is 590 g/mol. The fourth-order valence-corrected chi connectivity index (χ4v) is 6.37. The largest absolute Gasteiger partial charge is 0.507 e. The summed E-state index contributed by atoms with van der Waals surface area (Å²) in [5, 5.41) is 9.15. The lowest BCUT2D eigenvalue weighted by molar-refractivity contribution is 0.0596. The first-order chi connectivity index (χ1) is 20.3. The van der Waals surface area contributed by atoms with Crippen molar-refractivity contribution >= 4 is 21.9 Å². The number of anilines is 1. The quantitative estimate of drug-likeness (QED) is 0.144. The zero-order chi connectivity index (χ0) is 29.5. The highest BCUT2D eigenvalue weighted by atomic mass is 32.2.